The largest absolute Gasteiger partial charge is 0.296 e. The van der Waals surface area contributed by atoms with E-state index in [9.17, 15) is 0 Å². The molecule has 0 fully saturated rings. The van der Waals surface area contributed by atoms with Crippen molar-refractivity contribution in [3.05, 3.63) is 36.4 Å². The van der Waals surface area contributed by atoms with Gasteiger partial charge in [-0.15, -0.1) is 0 Å². The Kier molecular flexibility index (Phi) is 7.96. The number of nitrogens with one attached hydrogen (secondary N) is 1. The van der Waals surface area contributed by atoms with E-state index in [1.807, 2.05) is 43.3 Å². The Bertz CT molecular complexity index is 195. The van der Waals surface area contributed by atoms with Crippen molar-refractivity contribution in [2.45, 2.75) is 39.7 Å². The van der Waals surface area contributed by atoms with Crippen LogP contribution in [0.1, 0.15) is 34.1 Å². The molecule has 0 aliphatic heterocycles. The van der Waals surface area contributed by atoms with Crippen LogP contribution in [-0.2, 0) is 4.84 Å². The zero-order valence-corrected chi connectivity index (χ0v) is 10.3. The van der Waals surface area contributed by atoms with Gasteiger partial charge in [0.2, 0.25) is 0 Å². The number of benzene rings is 1. The van der Waals surface area contributed by atoms with E-state index in [2.05, 4.69) is 26.3 Å². The summed E-state index contributed by atoms with van der Waals surface area (Å²) < 4.78 is 0. The van der Waals surface area contributed by atoms with Gasteiger partial charge in [0.05, 0.1) is 5.60 Å². The van der Waals surface area contributed by atoms with E-state index in [4.69, 9.17) is 4.84 Å². The Morgan fingerprint density at radius 2 is 1.33 bits per heavy atom. The molecule has 0 aromatic heterocycles. The first-order valence-corrected chi connectivity index (χ1v) is 5.53. The summed E-state index contributed by atoms with van der Waals surface area (Å²) in [4.78, 5) is 5.28. The summed E-state index contributed by atoms with van der Waals surface area (Å²) in [5.41, 5.74) is 2.82. The summed E-state index contributed by atoms with van der Waals surface area (Å²) in [7, 11) is 0. The van der Waals surface area contributed by atoms with Crippen LogP contribution in [0.5, 0.6) is 0 Å². The third-order valence-corrected chi connectivity index (χ3v) is 2.01. The van der Waals surface area contributed by atoms with Crippen molar-refractivity contribution >= 4 is 0 Å². The van der Waals surface area contributed by atoms with Crippen LogP contribution < -0.4 is 5.48 Å². The predicted molar refractivity (Wildman–Crippen MR) is 65.6 cm³/mol. The molecule has 86 valence electrons. The smallest absolute Gasteiger partial charge is 0.0838 e. The van der Waals surface area contributed by atoms with Gasteiger partial charge < -0.3 is 0 Å². The van der Waals surface area contributed by atoms with E-state index in [0.717, 1.165) is 13.0 Å². The topological polar surface area (TPSA) is 21.3 Å². The Morgan fingerprint density at radius 3 is 1.60 bits per heavy atom. The van der Waals surface area contributed by atoms with E-state index in [1.165, 1.54) is 0 Å². The molecule has 0 bridgehead atoms. The minimum atomic E-state index is -0.0178. The van der Waals surface area contributed by atoms with Crippen LogP contribution in [0, 0.1) is 0 Å². The van der Waals surface area contributed by atoms with Gasteiger partial charge in [-0.25, -0.2) is 5.48 Å². The van der Waals surface area contributed by atoms with E-state index in [1.54, 1.807) is 0 Å². The first-order chi connectivity index (χ1) is 7.12. The molecular formula is C13H23NO. The molecule has 2 heteroatoms. The average Bonchev–Trinajstić information content (AvgIpc) is 2.30. The van der Waals surface area contributed by atoms with Gasteiger partial charge in [0.1, 0.15) is 0 Å². The third kappa shape index (κ3) is 9.44. The molecule has 0 spiro atoms. The van der Waals surface area contributed by atoms with Crippen molar-refractivity contribution in [3.8, 4) is 0 Å². The van der Waals surface area contributed by atoms with Gasteiger partial charge in [-0.05, 0) is 20.3 Å². The summed E-state index contributed by atoms with van der Waals surface area (Å²) in [6.07, 6.45) is 1.03. The fourth-order valence-electron chi connectivity index (χ4n) is 0.725. The van der Waals surface area contributed by atoms with Crippen molar-refractivity contribution in [1.82, 2.24) is 5.48 Å². The molecule has 1 rings (SSSR count). The number of hydrogen-bond acceptors (Lipinski definition) is 2. The Hall–Kier alpha value is -0.860. The van der Waals surface area contributed by atoms with Gasteiger partial charge >= 0.3 is 0 Å². The average molecular weight is 209 g/mol. The molecule has 0 amide bonds. The maximum absolute atomic E-state index is 5.28. The maximum Gasteiger partial charge on any atom is 0.0838 e. The number of hydroxylamine groups is 1. The summed E-state index contributed by atoms with van der Waals surface area (Å²) in [6.45, 7) is 9.12. The highest BCUT2D eigenvalue weighted by atomic mass is 16.7. The van der Waals surface area contributed by atoms with Crippen LogP contribution >= 0.6 is 0 Å². The molecule has 0 aliphatic rings. The summed E-state index contributed by atoms with van der Waals surface area (Å²) in [5, 5.41) is 0. The monoisotopic (exact) mass is 209 g/mol. The number of rotatable bonds is 4. The first-order valence-electron chi connectivity index (χ1n) is 5.53. The van der Waals surface area contributed by atoms with Crippen LogP contribution in [0.4, 0.5) is 0 Å². The second kappa shape index (κ2) is 8.45. The minimum absolute atomic E-state index is 0.0178. The molecule has 1 N–H and O–H groups in total. The van der Waals surface area contributed by atoms with Gasteiger partial charge in [0.25, 0.3) is 0 Å². The summed E-state index contributed by atoms with van der Waals surface area (Å²) in [5.74, 6) is 0. The molecule has 15 heavy (non-hydrogen) atoms. The minimum Gasteiger partial charge on any atom is -0.296 e. The Labute approximate surface area is 93.6 Å². The molecule has 0 atom stereocenters. The van der Waals surface area contributed by atoms with Crippen LogP contribution in [-0.4, -0.2) is 12.1 Å². The Morgan fingerprint density at radius 1 is 0.933 bits per heavy atom. The normalized spacial score (nSPS) is 10.4. The van der Waals surface area contributed by atoms with Gasteiger partial charge in [-0.3, -0.25) is 4.84 Å². The fraction of sp³-hybridized carbons (Fsp3) is 0.538. The highest BCUT2D eigenvalue weighted by Gasteiger charge is 2.14. The van der Waals surface area contributed by atoms with Crippen LogP contribution in [0.15, 0.2) is 36.4 Å². The number of hydrogen-bond donors (Lipinski definition) is 1. The lowest BCUT2D eigenvalue weighted by Crippen LogP contribution is -2.31. The van der Waals surface area contributed by atoms with Crippen molar-refractivity contribution in [2.75, 3.05) is 6.54 Å². The lowest BCUT2D eigenvalue weighted by atomic mass is 10.1. The molecule has 0 saturated heterocycles. The van der Waals surface area contributed by atoms with Gasteiger partial charge in [0, 0.05) is 6.54 Å². The summed E-state index contributed by atoms with van der Waals surface area (Å²) >= 11 is 0. The van der Waals surface area contributed by atoms with Crippen molar-refractivity contribution in [3.63, 3.8) is 0 Å². The van der Waals surface area contributed by atoms with Crippen molar-refractivity contribution in [2.24, 2.45) is 0 Å². The molecule has 2 nitrogen and oxygen atoms in total. The molecule has 1 aromatic carbocycles. The van der Waals surface area contributed by atoms with Crippen LogP contribution in [0.25, 0.3) is 0 Å². The zero-order chi connectivity index (χ0) is 11.6. The van der Waals surface area contributed by atoms with E-state index >= 15 is 0 Å². The molecule has 1 aromatic rings. The molecule has 0 saturated carbocycles. The van der Waals surface area contributed by atoms with Gasteiger partial charge in [0.15, 0.2) is 0 Å². The predicted octanol–water partition coefficient (Wildman–Crippen LogP) is 3.40. The quantitative estimate of drug-likeness (QED) is 0.767. The fourth-order valence-corrected chi connectivity index (χ4v) is 0.725. The summed E-state index contributed by atoms with van der Waals surface area (Å²) in [6, 6.07) is 12.0. The maximum atomic E-state index is 5.28. The van der Waals surface area contributed by atoms with E-state index in [-0.39, 0.29) is 5.60 Å². The van der Waals surface area contributed by atoms with Gasteiger partial charge in [-0.2, -0.15) is 0 Å². The standard InChI is InChI=1S/C7H17NO.C6H6/c1-5-7(3,4)9-8-6-2;1-2-4-6-5-3-1/h8H,5-6H2,1-4H3;1-6H. The molecule has 0 unspecified atom stereocenters. The Balaban J connectivity index is 0.000000280. The van der Waals surface area contributed by atoms with Crippen LogP contribution in [0.3, 0.4) is 0 Å². The molecule has 0 radical (unpaired) electrons. The second-order valence-electron chi connectivity index (χ2n) is 3.87. The molecular weight excluding hydrogens is 186 g/mol. The van der Waals surface area contributed by atoms with E-state index in [0.29, 0.717) is 0 Å². The van der Waals surface area contributed by atoms with Gasteiger partial charge in [-0.1, -0.05) is 50.2 Å². The lowest BCUT2D eigenvalue weighted by molar-refractivity contribution is -0.0839. The first kappa shape index (κ1) is 14.1. The SMILES string of the molecule is CCNOC(C)(C)CC.c1ccccc1. The highest BCUT2D eigenvalue weighted by molar-refractivity contribution is 4.99. The second-order valence-corrected chi connectivity index (χ2v) is 3.87. The van der Waals surface area contributed by atoms with E-state index < -0.39 is 0 Å². The highest BCUT2D eigenvalue weighted by Crippen LogP contribution is 2.10. The van der Waals surface area contributed by atoms with Crippen LogP contribution in [0.2, 0.25) is 0 Å². The zero-order valence-electron chi connectivity index (χ0n) is 10.3. The lowest BCUT2D eigenvalue weighted by Gasteiger charge is -2.22. The van der Waals surface area contributed by atoms with Crippen molar-refractivity contribution in [1.29, 1.82) is 0 Å². The molecule has 0 heterocycles. The molecule has 0 aliphatic carbocycles. The third-order valence-electron chi connectivity index (χ3n) is 2.01. The van der Waals surface area contributed by atoms with Crippen molar-refractivity contribution < 1.29 is 4.84 Å².